The molecule has 0 aliphatic carbocycles. The SMILES string of the molecule is Cc1cc(=O)oc2cc(OC[C@@H](O)C[NH+]3CCCC3)ccc12. The van der Waals surface area contributed by atoms with Gasteiger partial charge in [0.1, 0.15) is 30.6 Å². The predicted octanol–water partition coefficient (Wildman–Crippen LogP) is 0.520. The van der Waals surface area contributed by atoms with Crippen molar-refractivity contribution in [2.45, 2.75) is 25.9 Å². The van der Waals surface area contributed by atoms with Gasteiger partial charge in [-0.15, -0.1) is 0 Å². The van der Waals surface area contributed by atoms with Crippen molar-refractivity contribution in [2.24, 2.45) is 0 Å². The topological polar surface area (TPSA) is 64.1 Å². The molecular weight excluding hydrogens is 282 g/mol. The number of aliphatic hydroxyl groups is 1. The molecule has 22 heavy (non-hydrogen) atoms. The number of hydrogen-bond acceptors (Lipinski definition) is 4. The second kappa shape index (κ2) is 6.50. The Morgan fingerprint density at radius 1 is 1.32 bits per heavy atom. The number of benzene rings is 1. The number of nitrogens with one attached hydrogen (secondary N) is 1. The summed E-state index contributed by atoms with van der Waals surface area (Å²) in [5.41, 5.74) is 1.04. The van der Waals surface area contributed by atoms with E-state index in [9.17, 15) is 9.90 Å². The lowest BCUT2D eigenvalue weighted by Crippen LogP contribution is -3.11. The van der Waals surface area contributed by atoms with Crippen LogP contribution in [0, 0.1) is 6.92 Å². The lowest BCUT2D eigenvalue weighted by molar-refractivity contribution is -0.890. The first kappa shape index (κ1) is 15.1. The van der Waals surface area contributed by atoms with E-state index in [0.717, 1.165) is 30.6 Å². The molecule has 2 N–H and O–H groups in total. The van der Waals surface area contributed by atoms with E-state index >= 15 is 0 Å². The van der Waals surface area contributed by atoms with E-state index in [1.807, 2.05) is 19.1 Å². The van der Waals surface area contributed by atoms with Gasteiger partial charge in [0.15, 0.2) is 0 Å². The molecule has 1 atom stereocenters. The Labute approximate surface area is 129 Å². The summed E-state index contributed by atoms with van der Waals surface area (Å²) < 4.78 is 10.8. The number of rotatable bonds is 5. The van der Waals surface area contributed by atoms with Crippen molar-refractivity contribution in [3.63, 3.8) is 0 Å². The van der Waals surface area contributed by atoms with Crippen LogP contribution in [0.25, 0.3) is 11.0 Å². The lowest BCUT2D eigenvalue weighted by atomic mass is 10.1. The predicted molar refractivity (Wildman–Crippen MR) is 83.5 cm³/mol. The van der Waals surface area contributed by atoms with Crippen LogP contribution in [0.2, 0.25) is 0 Å². The van der Waals surface area contributed by atoms with Crippen molar-refractivity contribution in [3.05, 3.63) is 40.2 Å². The van der Waals surface area contributed by atoms with Crippen LogP contribution in [0.5, 0.6) is 5.75 Å². The normalized spacial score (nSPS) is 17.0. The van der Waals surface area contributed by atoms with Crippen LogP contribution in [-0.2, 0) is 0 Å². The Balaban J connectivity index is 1.64. The van der Waals surface area contributed by atoms with Gasteiger partial charge in [-0.2, -0.15) is 0 Å². The zero-order valence-corrected chi connectivity index (χ0v) is 12.8. The van der Waals surface area contributed by atoms with E-state index in [1.165, 1.54) is 23.8 Å². The summed E-state index contributed by atoms with van der Waals surface area (Å²) in [6.45, 7) is 5.13. The molecule has 2 aromatic rings. The average molecular weight is 304 g/mol. The Kier molecular flexibility index (Phi) is 4.45. The maximum Gasteiger partial charge on any atom is 0.336 e. The second-order valence-electron chi connectivity index (χ2n) is 6.03. The molecular formula is C17H22NO4+. The molecule has 1 aromatic carbocycles. The summed E-state index contributed by atoms with van der Waals surface area (Å²) in [6.07, 6.45) is 2.01. The van der Waals surface area contributed by atoms with Crippen LogP contribution >= 0.6 is 0 Å². The van der Waals surface area contributed by atoms with Crippen LogP contribution in [0.3, 0.4) is 0 Å². The van der Waals surface area contributed by atoms with Gasteiger partial charge >= 0.3 is 5.63 Å². The highest BCUT2D eigenvalue weighted by Gasteiger charge is 2.19. The molecule has 0 amide bonds. The van der Waals surface area contributed by atoms with Crippen LogP contribution in [0.1, 0.15) is 18.4 Å². The summed E-state index contributed by atoms with van der Waals surface area (Å²) in [5.74, 6) is 0.608. The Bertz CT molecular complexity index is 703. The molecule has 3 rings (SSSR count). The zero-order chi connectivity index (χ0) is 15.5. The molecule has 118 valence electrons. The molecule has 0 saturated carbocycles. The van der Waals surface area contributed by atoms with Gasteiger partial charge in [-0.3, -0.25) is 0 Å². The monoisotopic (exact) mass is 304 g/mol. The number of fused-ring (bicyclic) bond motifs is 1. The first-order valence-corrected chi connectivity index (χ1v) is 7.81. The quantitative estimate of drug-likeness (QED) is 0.791. The lowest BCUT2D eigenvalue weighted by Gasteiger charge is -2.17. The molecule has 1 fully saturated rings. The largest absolute Gasteiger partial charge is 0.491 e. The molecule has 2 heterocycles. The molecule has 5 heteroatoms. The molecule has 5 nitrogen and oxygen atoms in total. The molecule has 1 aromatic heterocycles. The Hall–Kier alpha value is -1.85. The van der Waals surface area contributed by atoms with Gasteiger partial charge in [-0.25, -0.2) is 4.79 Å². The van der Waals surface area contributed by atoms with E-state index in [2.05, 4.69) is 0 Å². The minimum atomic E-state index is -0.478. The third kappa shape index (κ3) is 3.48. The van der Waals surface area contributed by atoms with E-state index in [4.69, 9.17) is 9.15 Å². The van der Waals surface area contributed by atoms with Crippen LogP contribution in [-0.4, -0.2) is 37.5 Å². The second-order valence-corrected chi connectivity index (χ2v) is 6.03. The minimum absolute atomic E-state index is 0.255. The molecule has 0 radical (unpaired) electrons. The van der Waals surface area contributed by atoms with Crippen molar-refractivity contribution in [1.29, 1.82) is 0 Å². The minimum Gasteiger partial charge on any atom is -0.491 e. The number of aryl methyl sites for hydroxylation is 1. The average Bonchev–Trinajstić information content (AvgIpc) is 2.97. The number of quaternary nitrogens is 1. The van der Waals surface area contributed by atoms with Crippen molar-refractivity contribution in [2.75, 3.05) is 26.2 Å². The third-order valence-electron chi connectivity index (χ3n) is 4.20. The van der Waals surface area contributed by atoms with Crippen molar-refractivity contribution in [3.8, 4) is 5.75 Å². The number of ether oxygens (including phenoxy) is 1. The van der Waals surface area contributed by atoms with Crippen molar-refractivity contribution < 1.29 is 19.2 Å². The van der Waals surface area contributed by atoms with E-state index in [-0.39, 0.29) is 12.2 Å². The third-order valence-corrected chi connectivity index (χ3v) is 4.20. The summed E-state index contributed by atoms with van der Waals surface area (Å²) in [7, 11) is 0. The standard InChI is InChI=1S/C17H21NO4/c1-12-8-17(20)22-16-9-14(4-5-15(12)16)21-11-13(19)10-18-6-2-3-7-18/h4-5,8-9,13,19H,2-3,6-7,10-11H2,1H3/p+1/t13-/m0/s1. The summed E-state index contributed by atoms with van der Waals surface area (Å²) in [4.78, 5) is 12.9. The van der Waals surface area contributed by atoms with E-state index in [1.54, 1.807) is 6.07 Å². The van der Waals surface area contributed by atoms with Crippen LogP contribution in [0.15, 0.2) is 33.5 Å². The summed E-state index contributed by atoms with van der Waals surface area (Å²) in [5, 5.41) is 11.0. The zero-order valence-electron chi connectivity index (χ0n) is 12.8. The molecule has 0 unspecified atom stereocenters. The molecule has 1 saturated heterocycles. The van der Waals surface area contributed by atoms with E-state index in [0.29, 0.717) is 11.3 Å². The molecule has 0 bridgehead atoms. The van der Waals surface area contributed by atoms with Gasteiger partial charge in [0, 0.05) is 30.4 Å². The van der Waals surface area contributed by atoms with Gasteiger partial charge in [-0.05, 0) is 24.6 Å². The highest BCUT2D eigenvalue weighted by atomic mass is 16.5. The van der Waals surface area contributed by atoms with Gasteiger partial charge in [0.25, 0.3) is 0 Å². The van der Waals surface area contributed by atoms with E-state index < -0.39 is 6.10 Å². The first-order valence-electron chi connectivity index (χ1n) is 7.81. The summed E-state index contributed by atoms with van der Waals surface area (Å²) >= 11 is 0. The fourth-order valence-electron chi connectivity index (χ4n) is 3.06. The number of aliphatic hydroxyl groups excluding tert-OH is 1. The first-order chi connectivity index (χ1) is 10.6. The van der Waals surface area contributed by atoms with Crippen molar-refractivity contribution in [1.82, 2.24) is 0 Å². The fraction of sp³-hybridized carbons (Fsp3) is 0.471. The number of likely N-dealkylation sites (tertiary alicyclic amines) is 1. The van der Waals surface area contributed by atoms with Gasteiger partial charge in [0.05, 0.1) is 13.1 Å². The summed E-state index contributed by atoms with van der Waals surface area (Å²) in [6, 6.07) is 6.90. The Morgan fingerprint density at radius 3 is 2.86 bits per heavy atom. The Morgan fingerprint density at radius 2 is 2.09 bits per heavy atom. The maximum absolute atomic E-state index is 11.4. The highest BCUT2D eigenvalue weighted by molar-refractivity contribution is 5.81. The maximum atomic E-state index is 11.4. The highest BCUT2D eigenvalue weighted by Crippen LogP contribution is 2.22. The fourth-order valence-corrected chi connectivity index (χ4v) is 3.06. The number of hydrogen-bond donors (Lipinski definition) is 2. The van der Waals surface area contributed by atoms with Gasteiger partial charge in [-0.1, -0.05) is 0 Å². The van der Waals surface area contributed by atoms with Gasteiger partial charge < -0.3 is 19.2 Å². The molecule has 1 aliphatic heterocycles. The van der Waals surface area contributed by atoms with Gasteiger partial charge in [0.2, 0.25) is 0 Å². The van der Waals surface area contributed by atoms with Crippen molar-refractivity contribution >= 4 is 11.0 Å². The van der Waals surface area contributed by atoms with Crippen LogP contribution < -0.4 is 15.3 Å². The van der Waals surface area contributed by atoms with Crippen LogP contribution in [0.4, 0.5) is 0 Å². The molecule has 1 aliphatic rings. The smallest absolute Gasteiger partial charge is 0.336 e. The molecule has 0 spiro atoms.